The molecular formula is C23H31O3P. The summed E-state index contributed by atoms with van der Waals surface area (Å²) in [4.78, 5) is 0. The van der Waals surface area contributed by atoms with E-state index in [1.807, 2.05) is 54.6 Å². The number of hydrogen-bond acceptors (Lipinski definition) is 3. The van der Waals surface area contributed by atoms with Gasteiger partial charge in [-0.2, -0.15) is 0 Å². The lowest BCUT2D eigenvalue weighted by Crippen LogP contribution is -2.35. The highest BCUT2D eigenvalue weighted by molar-refractivity contribution is 7.74. The summed E-state index contributed by atoms with van der Waals surface area (Å²) in [5, 5.41) is 1.49. The topological polar surface area (TPSA) is 35.5 Å². The highest BCUT2D eigenvalue weighted by Crippen LogP contribution is 2.50. The van der Waals surface area contributed by atoms with Crippen molar-refractivity contribution in [2.24, 2.45) is 17.8 Å². The van der Waals surface area contributed by atoms with Gasteiger partial charge in [-0.3, -0.25) is 4.57 Å². The van der Waals surface area contributed by atoms with Crippen molar-refractivity contribution in [1.82, 2.24) is 0 Å². The summed E-state index contributed by atoms with van der Waals surface area (Å²) in [6, 6.07) is 17.1. The number of ether oxygens (including phenoxy) is 1. The van der Waals surface area contributed by atoms with E-state index in [1.54, 1.807) is 7.11 Å². The van der Waals surface area contributed by atoms with Crippen LogP contribution in [0.5, 0.6) is 5.75 Å². The molecule has 1 fully saturated rings. The molecule has 1 aliphatic rings. The van der Waals surface area contributed by atoms with E-state index in [9.17, 15) is 4.57 Å². The molecule has 0 amide bonds. The Balaban J connectivity index is 2.00. The lowest BCUT2D eigenvalue weighted by atomic mass is 9.75. The minimum Gasteiger partial charge on any atom is -0.497 e. The fourth-order valence-electron chi connectivity index (χ4n) is 4.10. The number of hydrogen-bond donors (Lipinski definition) is 0. The molecule has 0 spiro atoms. The van der Waals surface area contributed by atoms with Gasteiger partial charge in [0.15, 0.2) is 0 Å². The van der Waals surface area contributed by atoms with Gasteiger partial charge in [-0.1, -0.05) is 45.4 Å². The normalized spacial score (nSPS) is 25.1. The third-order valence-electron chi connectivity index (χ3n) is 5.75. The average molecular weight is 386 g/mol. The minimum atomic E-state index is -3.18. The van der Waals surface area contributed by atoms with Crippen molar-refractivity contribution in [3.8, 4) is 5.75 Å². The Bertz CT molecular complexity index is 770. The van der Waals surface area contributed by atoms with Crippen molar-refractivity contribution >= 4 is 18.0 Å². The van der Waals surface area contributed by atoms with Gasteiger partial charge in [0.1, 0.15) is 5.75 Å². The molecule has 3 nitrogen and oxygen atoms in total. The predicted molar refractivity (Wildman–Crippen MR) is 113 cm³/mol. The number of rotatable bonds is 6. The van der Waals surface area contributed by atoms with E-state index in [-0.39, 0.29) is 6.10 Å². The fourth-order valence-corrected chi connectivity index (χ4v) is 6.37. The Labute approximate surface area is 163 Å². The Morgan fingerprint density at radius 2 is 1.59 bits per heavy atom. The lowest BCUT2D eigenvalue weighted by Gasteiger charge is -2.39. The second kappa shape index (κ2) is 8.63. The molecule has 2 aromatic rings. The highest BCUT2D eigenvalue weighted by Gasteiger charge is 2.38. The average Bonchev–Trinajstić information content (AvgIpc) is 2.68. The first-order chi connectivity index (χ1) is 12.9. The summed E-state index contributed by atoms with van der Waals surface area (Å²) in [7, 11) is -1.54. The van der Waals surface area contributed by atoms with E-state index in [0.29, 0.717) is 17.8 Å². The van der Waals surface area contributed by atoms with Crippen LogP contribution in [0.1, 0.15) is 40.0 Å². The molecule has 2 aromatic carbocycles. The molecule has 0 bridgehead atoms. The van der Waals surface area contributed by atoms with Gasteiger partial charge in [-0.25, -0.2) is 0 Å². The zero-order valence-electron chi connectivity index (χ0n) is 16.8. The summed E-state index contributed by atoms with van der Waals surface area (Å²) < 4.78 is 26.1. The summed E-state index contributed by atoms with van der Waals surface area (Å²) in [5.41, 5.74) is 0. The van der Waals surface area contributed by atoms with Crippen LogP contribution in [0, 0.1) is 17.8 Å². The molecule has 4 atom stereocenters. The number of benzene rings is 2. The molecule has 1 saturated carbocycles. The van der Waals surface area contributed by atoms with Crippen molar-refractivity contribution in [3.63, 3.8) is 0 Å². The van der Waals surface area contributed by atoms with Gasteiger partial charge < -0.3 is 9.26 Å². The van der Waals surface area contributed by atoms with Crippen molar-refractivity contribution in [1.29, 1.82) is 0 Å². The van der Waals surface area contributed by atoms with Crippen LogP contribution in [-0.2, 0) is 9.09 Å². The largest absolute Gasteiger partial charge is 0.497 e. The van der Waals surface area contributed by atoms with Crippen LogP contribution in [0.25, 0.3) is 0 Å². The zero-order chi connectivity index (χ0) is 19.4. The van der Waals surface area contributed by atoms with E-state index in [4.69, 9.17) is 9.26 Å². The molecule has 1 aliphatic carbocycles. The molecule has 0 saturated heterocycles. The van der Waals surface area contributed by atoms with E-state index < -0.39 is 7.37 Å². The van der Waals surface area contributed by atoms with Gasteiger partial charge in [0.2, 0.25) is 0 Å². The first-order valence-electron chi connectivity index (χ1n) is 9.92. The van der Waals surface area contributed by atoms with Gasteiger partial charge in [0, 0.05) is 10.6 Å². The van der Waals surface area contributed by atoms with Crippen LogP contribution in [-0.4, -0.2) is 13.2 Å². The maximum Gasteiger partial charge on any atom is 0.261 e. The minimum absolute atomic E-state index is 0.0156. The van der Waals surface area contributed by atoms with E-state index in [1.165, 1.54) is 6.42 Å². The molecule has 0 aromatic heterocycles. The van der Waals surface area contributed by atoms with Crippen molar-refractivity contribution in [3.05, 3.63) is 54.6 Å². The van der Waals surface area contributed by atoms with Gasteiger partial charge >= 0.3 is 0 Å². The van der Waals surface area contributed by atoms with Crippen LogP contribution >= 0.6 is 7.37 Å². The van der Waals surface area contributed by atoms with Crippen LogP contribution in [0.15, 0.2) is 54.6 Å². The summed E-state index contributed by atoms with van der Waals surface area (Å²) in [5.74, 6) is 2.31. The van der Waals surface area contributed by atoms with Gasteiger partial charge in [-0.05, 0) is 67.0 Å². The molecule has 0 N–H and O–H groups in total. The summed E-state index contributed by atoms with van der Waals surface area (Å²) in [6.07, 6.45) is 3.35. The monoisotopic (exact) mass is 386 g/mol. The Hall–Kier alpha value is -1.57. The van der Waals surface area contributed by atoms with Gasteiger partial charge in [0.25, 0.3) is 7.37 Å². The van der Waals surface area contributed by atoms with Gasteiger partial charge in [-0.15, -0.1) is 0 Å². The maximum atomic E-state index is 14.3. The number of methoxy groups -OCH3 is 1. The van der Waals surface area contributed by atoms with E-state index >= 15 is 0 Å². The van der Waals surface area contributed by atoms with E-state index in [0.717, 1.165) is 29.2 Å². The predicted octanol–water partition coefficient (Wildman–Crippen LogP) is 5.40. The molecule has 0 unspecified atom stereocenters. The molecule has 146 valence electrons. The van der Waals surface area contributed by atoms with Crippen LogP contribution in [0.4, 0.5) is 0 Å². The van der Waals surface area contributed by atoms with Crippen molar-refractivity contribution < 1.29 is 13.8 Å². The molecule has 4 heteroatoms. The second-order valence-corrected chi connectivity index (χ2v) is 10.4. The van der Waals surface area contributed by atoms with Crippen LogP contribution in [0.2, 0.25) is 0 Å². The Morgan fingerprint density at radius 3 is 2.19 bits per heavy atom. The van der Waals surface area contributed by atoms with Crippen molar-refractivity contribution in [2.75, 3.05) is 7.11 Å². The highest BCUT2D eigenvalue weighted by atomic mass is 31.2. The van der Waals surface area contributed by atoms with Crippen LogP contribution in [0.3, 0.4) is 0 Å². The lowest BCUT2D eigenvalue weighted by molar-refractivity contribution is 0.0514. The molecule has 0 aliphatic heterocycles. The molecule has 3 rings (SSSR count). The second-order valence-electron chi connectivity index (χ2n) is 8.06. The Kier molecular flexibility index (Phi) is 6.44. The first kappa shape index (κ1) is 20.2. The summed E-state index contributed by atoms with van der Waals surface area (Å²) in [6.45, 7) is 6.77. The zero-order valence-corrected chi connectivity index (χ0v) is 17.7. The summed E-state index contributed by atoms with van der Waals surface area (Å²) >= 11 is 0. The van der Waals surface area contributed by atoms with Crippen LogP contribution < -0.4 is 15.3 Å². The molecular weight excluding hydrogens is 355 g/mol. The standard InChI is InChI=1S/C23H31O3P/c1-17(2)22-15-10-18(3)16-23(22)26-27(24,20-8-6-5-7-9-20)21-13-11-19(25-4)12-14-21/h5-9,11-14,17-18,22-23H,10,15-16H2,1-4H3/t18-,22+,23-,27-/m1/s1. The Morgan fingerprint density at radius 1 is 0.963 bits per heavy atom. The van der Waals surface area contributed by atoms with Gasteiger partial charge in [0.05, 0.1) is 13.2 Å². The SMILES string of the molecule is COc1ccc([P@](=O)(O[C@@H]2C[C@H](C)CC[C@H]2C(C)C)c2ccccc2)cc1. The third-order valence-corrected chi connectivity index (χ3v) is 8.28. The molecule has 0 heterocycles. The fraction of sp³-hybridized carbons (Fsp3) is 0.478. The smallest absolute Gasteiger partial charge is 0.261 e. The maximum absolute atomic E-state index is 14.3. The quantitative estimate of drug-likeness (QED) is 0.624. The van der Waals surface area contributed by atoms with Crippen molar-refractivity contribution in [2.45, 2.75) is 46.1 Å². The van der Waals surface area contributed by atoms with E-state index in [2.05, 4.69) is 20.8 Å². The molecule has 27 heavy (non-hydrogen) atoms. The third kappa shape index (κ3) is 4.47. The first-order valence-corrected chi connectivity index (χ1v) is 11.5. The molecule has 0 radical (unpaired) electrons.